The van der Waals surface area contributed by atoms with Crippen molar-refractivity contribution in [2.24, 2.45) is 0 Å². The zero-order chi connectivity index (χ0) is 20.2. The topological polar surface area (TPSA) is 18.5 Å². The maximum atomic E-state index is 6.16. The summed E-state index contributed by atoms with van der Waals surface area (Å²) >= 11 is 3.80. The Bertz CT molecular complexity index is 608. The van der Waals surface area contributed by atoms with Crippen molar-refractivity contribution in [2.45, 2.75) is 73.4 Å². The second-order valence-electron chi connectivity index (χ2n) is 7.19. The number of ether oxygens (including phenoxy) is 2. The van der Waals surface area contributed by atoms with Gasteiger partial charge in [0, 0.05) is 16.9 Å². The highest BCUT2D eigenvalue weighted by Gasteiger charge is 2.25. The predicted molar refractivity (Wildman–Crippen MR) is 123 cm³/mol. The summed E-state index contributed by atoms with van der Waals surface area (Å²) in [5, 5.41) is 0. The van der Waals surface area contributed by atoms with Gasteiger partial charge in [-0.3, -0.25) is 0 Å². The number of aryl methyl sites for hydroxylation is 2. The minimum absolute atomic E-state index is 0.148. The summed E-state index contributed by atoms with van der Waals surface area (Å²) in [6, 6.07) is 17.6. The Morgan fingerprint density at radius 2 is 1.32 bits per heavy atom. The first-order chi connectivity index (χ1) is 13.6. The highest BCUT2D eigenvalue weighted by atomic mass is 32.2. The molecule has 28 heavy (non-hydrogen) atoms. The van der Waals surface area contributed by atoms with E-state index in [2.05, 4.69) is 69.3 Å². The smallest absolute Gasteiger partial charge is 0.146 e. The largest absolute Gasteiger partial charge is 0.359 e. The Hall–Kier alpha value is -0.940. The fourth-order valence-corrected chi connectivity index (χ4v) is 5.62. The fourth-order valence-electron chi connectivity index (χ4n) is 2.90. The van der Waals surface area contributed by atoms with E-state index in [4.69, 9.17) is 9.47 Å². The Balaban J connectivity index is 2.15. The molecule has 4 heteroatoms. The van der Waals surface area contributed by atoms with Gasteiger partial charge in [-0.05, 0) is 44.5 Å². The molecule has 0 spiro atoms. The highest BCUT2D eigenvalue weighted by Crippen LogP contribution is 2.40. The average Bonchev–Trinajstić information content (AvgIpc) is 2.70. The van der Waals surface area contributed by atoms with Gasteiger partial charge in [-0.25, -0.2) is 0 Å². The predicted octanol–water partition coefficient (Wildman–Crippen LogP) is 7.47. The molecule has 0 heterocycles. The van der Waals surface area contributed by atoms with E-state index in [0.29, 0.717) is 6.79 Å². The van der Waals surface area contributed by atoms with Crippen molar-refractivity contribution in [1.82, 2.24) is 0 Å². The molecule has 0 bridgehead atoms. The summed E-state index contributed by atoms with van der Waals surface area (Å²) in [6.45, 7) is 6.86. The molecule has 0 fully saturated rings. The van der Waals surface area contributed by atoms with E-state index in [0.717, 1.165) is 6.42 Å². The summed E-state index contributed by atoms with van der Waals surface area (Å²) < 4.78 is 11.7. The average molecular weight is 419 g/mol. The summed E-state index contributed by atoms with van der Waals surface area (Å²) in [4.78, 5) is 2.57. The van der Waals surface area contributed by atoms with E-state index >= 15 is 0 Å². The SMILES string of the molecule is CCCCCCC(OCOC)C(Sc1ccc(C)cc1)Sc1ccc(C)cc1. The molecule has 2 aromatic rings. The van der Waals surface area contributed by atoms with Crippen LogP contribution >= 0.6 is 23.5 Å². The van der Waals surface area contributed by atoms with Crippen molar-refractivity contribution in [3.63, 3.8) is 0 Å². The van der Waals surface area contributed by atoms with E-state index in [1.54, 1.807) is 7.11 Å². The summed E-state index contributed by atoms with van der Waals surface area (Å²) in [7, 11) is 1.70. The van der Waals surface area contributed by atoms with Crippen LogP contribution in [0.1, 0.15) is 50.2 Å². The first kappa shape index (κ1) is 23.3. The molecule has 1 unspecified atom stereocenters. The molecule has 0 amide bonds. The van der Waals surface area contributed by atoms with Crippen LogP contribution in [0.4, 0.5) is 0 Å². The van der Waals surface area contributed by atoms with Gasteiger partial charge in [-0.2, -0.15) is 0 Å². The van der Waals surface area contributed by atoms with Crippen molar-refractivity contribution < 1.29 is 9.47 Å². The monoisotopic (exact) mass is 418 g/mol. The second kappa shape index (κ2) is 13.3. The minimum Gasteiger partial charge on any atom is -0.359 e. The maximum Gasteiger partial charge on any atom is 0.146 e. The van der Waals surface area contributed by atoms with Crippen LogP contribution in [-0.4, -0.2) is 24.6 Å². The third-order valence-corrected chi connectivity index (χ3v) is 7.33. The fraction of sp³-hybridized carbons (Fsp3) is 0.500. The summed E-state index contributed by atoms with van der Waals surface area (Å²) in [5.74, 6) is 0. The Morgan fingerprint density at radius 3 is 1.79 bits per heavy atom. The highest BCUT2D eigenvalue weighted by molar-refractivity contribution is 8.17. The van der Waals surface area contributed by atoms with Gasteiger partial charge in [0.2, 0.25) is 0 Å². The molecular weight excluding hydrogens is 384 g/mol. The Kier molecular flexibility index (Phi) is 11.1. The van der Waals surface area contributed by atoms with Gasteiger partial charge in [0.15, 0.2) is 0 Å². The third kappa shape index (κ3) is 8.60. The van der Waals surface area contributed by atoms with Crippen LogP contribution < -0.4 is 0 Å². The van der Waals surface area contributed by atoms with Crippen molar-refractivity contribution in [3.8, 4) is 0 Å². The van der Waals surface area contributed by atoms with Gasteiger partial charge < -0.3 is 9.47 Å². The molecule has 154 valence electrons. The van der Waals surface area contributed by atoms with E-state index in [9.17, 15) is 0 Å². The molecular formula is C24H34O2S2. The minimum atomic E-state index is 0.148. The van der Waals surface area contributed by atoms with E-state index in [-0.39, 0.29) is 10.7 Å². The Morgan fingerprint density at radius 1 is 0.786 bits per heavy atom. The lowest BCUT2D eigenvalue weighted by molar-refractivity contribution is -0.0687. The van der Waals surface area contributed by atoms with Gasteiger partial charge in [0.1, 0.15) is 6.79 Å². The molecule has 1 atom stereocenters. The molecule has 0 aliphatic carbocycles. The maximum absolute atomic E-state index is 6.16. The quantitative estimate of drug-likeness (QED) is 0.191. The van der Waals surface area contributed by atoms with Gasteiger partial charge in [0.05, 0.1) is 10.7 Å². The molecule has 0 aliphatic heterocycles. The third-order valence-electron chi connectivity index (χ3n) is 4.59. The van der Waals surface area contributed by atoms with Crippen molar-refractivity contribution >= 4 is 23.5 Å². The van der Waals surface area contributed by atoms with Crippen LogP contribution in [0.3, 0.4) is 0 Å². The molecule has 0 saturated heterocycles. The number of hydrogen-bond acceptors (Lipinski definition) is 4. The molecule has 0 aromatic heterocycles. The molecule has 2 rings (SSSR count). The van der Waals surface area contributed by atoms with Crippen LogP contribution in [0.15, 0.2) is 58.3 Å². The summed E-state index contributed by atoms with van der Waals surface area (Å²) in [6.07, 6.45) is 6.21. The lowest BCUT2D eigenvalue weighted by atomic mass is 10.1. The van der Waals surface area contributed by atoms with Crippen LogP contribution in [0.25, 0.3) is 0 Å². The summed E-state index contributed by atoms with van der Waals surface area (Å²) in [5.41, 5.74) is 2.58. The van der Waals surface area contributed by atoms with Crippen molar-refractivity contribution in [1.29, 1.82) is 0 Å². The number of benzene rings is 2. The lowest BCUT2D eigenvalue weighted by Gasteiger charge is -2.27. The van der Waals surface area contributed by atoms with Crippen molar-refractivity contribution in [3.05, 3.63) is 59.7 Å². The number of unbranched alkanes of at least 4 members (excludes halogenated alkanes) is 3. The normalized spacial score (nSPS) is 12.5. The van der Waals surface area contributed by atoms with Crippen LogP contribution in [0.5, 0.6) is 0 Å². The van der Waals surface area contributed by atoms with E-state index < -0.39 is 0 Å². The van der Waals surface area contributed by atoms with Gasteiger partial charge in [-0.15, -0.1) is 23.5 Å². The molecule has 0 N–H and O–H groups in total. The number of methoxy groups -OCH3 is 1. The molecule has 2 aromatic carbocycles. The van der Waals surface area contributed by atoms with Crippen molar-refractivity contribution in [2.75, 3.05) is 13.9 Å². The molecule has 0 aliphatic rings. The molecule has 2 nitrogen and oxygen atoms in total. The first-order valence-electron chi connectivity index (χ1n) is 10.2. The van der Waals surface area contributed by atoms with Gasteiger partial charge in [-0.1, -0.05) is 68.0 Å². The zero-order valence-corrected chi connectivity index (χ0v) is 19.3. The van der Waals surface area contributed by atoms with E-state index in [1.165, 1.54) is 46.6 Å². The Labute approximate surface area is 179 Å². The van der Waals surface area contributed by atoms with Gasteiger partial charge >= 0.3 is 0 Å². The van der Waals surface area contributed by atoms with Crippen LogP contribution in [-0.2, 0) is 9.47 Å². The number of hydrogen-bond donors (Lipinski definition) is 0. The van der Waals surface area contributed by atoms with Crippen LogP contribution in [0, 0.1) is 13.8 Å². The first-order valence-corrected chi connectivity index (χ1v) is 12.0. The van der Waals surface area contributed by atoms with Crippen LogP contribution in [0.2, 0.25) is 0 Å². The number of rotatable bonds is 13. The van der Waals surface area contributed by atoms with E-state index in [1.807, 2.05) is 23.5 Å². The lowest BCUT2D eigenvalue weighted by Crippen LogP contribution is -2.25. The molecule has 0 radical (unpaired) electrons. The van der Waals surface area contributed by atoms with Gasteiger partial charge in [0.25, 0.3) is 0 Å². The molecule has 0 saturated carbocycles. The zero-order valence-electron chi connectivity index (χ0n) is 17.6. The number of thioether (sulfide) groups is 2. The second-order valence-corrected chi connectivity index (χ2v) is 9.92. The standard InChI is InChI=1S/C24H34O2S2/c1-5-6-7-8-9-23(26-18-25-4)24(27-21-14-10-19(2)11-15-21)28-22-16-12-20(3)13-17-22/h10-17,23-24H,5-9,18H2,1-4H3.